The number of rotatable bonds is 36. The highest BCUT2D eigenvalue weighted by atomic mass is 31.2. The number of allylic oxidation sites excluding steroid dienone is 8. The van der Waals surface area contributed by atoms with Crippen LogP contribution in [-0.2, 0) is 32.7 Å². The van der Waals surface area contributed by atoms with E-state index in [0.717, 1.165) is 77.0 Å². The summed E-state index contributed by atoms with van der Waals surface area (Å²) < 4.78 is 32.5. The second-order valence-corrected chi connectivity index (χ2v) is 14.4. The number of carbonyl (C=O) groups is 2. The first-order valence-corrected chi connectivity index (χ1v) is 21.1. The summed E-state index contributed by atoms with van der Waals surface area (Å²) >= 11 is 0. The molecule has 3 atom stereocenters. The Labute approximate surface area is 309 Å². The van der Waals surface area contributed by atoms with E-state index in [0.29, 0.717) is 12.8 Å². The highest BCUT2D eigenvalue weighted by molar-refractivity contribution is 7.47. The second-order valence-electron chi connectivity index (χ2n) is 12.9. The van der Waals surface area contributed by atoms with Crippen molar-refractivity contribution in [2.24, 2.45) is 0 Å². The zero-order valence-electron chi connectivity index (χ0n) is 31.8. The van der Waals surface area contributed by atoms with Crippen molar-refractivity contribution in [3.63, 3.8) is 0 Å². The summed E-state index contributed by atoms with van der Waals surface area (Å²) in [4.78, 5) is 34.8. The molecule has 0 radical (unpaired) electrons. The van der Waals surface area contributed by atoms with Gasteiger partial charge in [-0.3, -0.25) is 18.6 Å². The largest absolute Gasteiger partial charge is 0.472 e. The molecule has 0 amide bonds. The van der Waals surface area contributed by atoms with Gasteiger partial charge in [0.2, 0.25) is 0 Å². The third-order valence-electron chi connectivity index (χ3n) is 7.96. The lowest BCUT2D eigenvalue weighted by atomic mass is 10.1. The lowest BCUT2D eigenvalue weighted by Crippen LogP contribution is -2.29. The number of ether oxygens (including phenoxy) is 2. The van der Waals surface area contributed by atoms with Crippen molar-refractivity contribution in [3.8, 4) is 0 Å². The van der Waals surface area contributed by atoms with E-state index in [1.54, 1.807) is 0 Å². The van der Waals surface area contributed by atoms with Gasteiger partial charge in [-0.15, -0.1) is 0 Å². The summed E-state index contributed by atoms with van der Waals surface area (Å²) in [5.41, 5.74) is 0. The standard InChI is InChI=1S/C40H71O10P/c1-3-5-7-9-11-13-15-16-17-18-19-20-22-23-25-27-29-31-39(43)47-35-38(36-49-51(45,46)48-34-37(42)33-41)50-40(44)32-30-28-26-24-21-14-12-10-8-6-4-2/h10-13,16-17,19-20,37-38,41-42H,3-9,14-15,18,21-36H2,1-2H3,(H,45,46)/b12-10+,13-11+,17-16+,20-19+/t37-,38+/m1/s1. The number of unbranched alkanes of at least 4 members (excludes halogenated alkanes) is 14. The van der Waals surface area contributed by atoms with Crippen LogP contribution in [0.5, 0.6) is 0 Å². The van der Waals surface area contributed by atoms with Crippen LogP contribution in [0, 0.1) is 0 Å². The van der Waals surface area contributed by atoms with Crippen LogP contribution < -0.4 is 0 Å². The van der Waals surface area contributed by atoms with Crippen LogP contribution >= 0.6 is 7.82 Å². The molecule has 0 aliphatic heterocycles. The molecule has 0 saturated heterocycles. The molecule has 0 spiro atoms. The molecule has 51 heavy (non-hydrogen) atoms. The lowest BCUT2D eigenvalue weighted by molar-refractivity contribution is -0.161. The Morgan fingerprint density at radius 1 is 0.588 bits per heavy atom. The van der Waals surface area contributed by atoms with Crippen molar-refractivity contribution < 1.29 is 47.8 Å². The Bertz CT molecular complexity index is 994. The minimum absolute atomic E-state index is 0.167. The van der Waals surface area contributed by atoms with Gasteiger partial charge in [-0.1, -0.05) is 120 Å². The normalized spacial score (nSPS) is 14.5. The predicted molar refractivity (Wildman–Crippen MR) is 205 cm³/mol. The van der Waals surface area contributed by atoms with E-state index < -0.39 is 51.8 Å². The third kappa shape index (κ3) is 36.1. The molecule has 0 heterocycles. The molecule has 0 aromatic rings. The fraction of sp³-hybridized carbons (Fsp3) is 0.750. The van der Waals surface area contributed by atoms with E-state index in [2.05, 4.69) is 67.0 Å². The van der Waals surface area contributed by atoms with Crippen LogP contribution in [0.2, 0.25) is 0 Å². The van der Waals surface area contributed by atoms with E-state index in [-0.39, 0.29) is 19.4 Å². The van der Waals surface area contributed by atoms with Gasteiger partial charge in [-0.05, 0) is 70.6 Å². The fourth-order valence-electron chi connectivity index (χ4n) is 4.86. The van der Waals surface area contributed by atoms with Gasteiger partial charge >= 0.3 is 19.8 Å². The van der Waals surface area contributed by atoms with E-state index in [1.165, 1.54) is 38.5 Å². The van der Waals surface area contributed by atoms with Gasteiger partial charge < -0.3 is 24.6 Å². The van der Waals surface area contributed by atoms with Crippen LogP contribution in [0.4, 0.5) is 0 Å². The molecule has 0 aliphatic rings. The summed E-state index contributed by atoms with van der Waals surface area (Å²) in [7, 11) is -4.62. The molecule has 0 saturated carbocycles. The zero-order chi connectivity index (χ0) is 37.7. The number of phosphoric acid groups is 1. The first-order chi connectivity index (χ1) is 24.7. The Kier molecular flexibility index (Phi) is 34.8. The van der Waals surface area contributed by atoms with E-state index in [9.17, 15) is 24.2 Å². The maximum Gasteiger partial charge on any atom is 0.472 e. The molecule has 1 unspecified atom stereocenters. The minimum atomic E-state index is -4.62. The number of aliphatic hydroxyl groups excluding tert-OH is 2. The molecular weight excluding hydrogens is 671 g/mol. The quantitative estimate of drug-likeness (QED) is 0.0245. The summed E-state index contributed by atoms with van der Waals surface area (Å²) in [5, 5.41) is 18.3. The molecule has 0 bridgehead atoms. The Morgan fingerprint density at radius 2 is 1.04 bits per heavy atom. The van der Waals surface area contributed by atoms with E-state index >= 15 is 0 Å². The molecule has 11 heteroatoms. The molecule has 0 aliphatic carbocycles. The second kappa shape index (κ2) is 36.3. The number of phosphoric ester groups is 1. The summed E-state index contributed by atoms with van der Waals surface area (Å²) in [5.74, 6) is -0.966. The van der Waals surface area contributed by atoms with Gasteiger partial charge in [-0.25, -0.2) is 4.57 Å². The number of hydrogen-bond acceptors (Lipinski definition) is 9. The summed E-state index contributed by atoms with van der Waals surface area (Å²) in [6.07, 6.45) is 36.5. The SMILES string of the molecule is CCCC/C=C/CCCCCCCC(=O)O[C@@H](COC(=O)CCCCCC/C=C/C/C=C/C/C=C/CCCCC)COP(=O)(O)OC[C@H](O)CO. The van der Waals surface area contributed by atoms with Gasteiger partial charge in [0.05, 0.1) is 19.8 Å². The Balaban J connectivity index is 4.39. The van der Waals surface area contributed by atoms with Gasteiger partial charge in [0, 0.05) is 12.8 Å². The molecule has 0 rings (SSSR count). The van der Waals surface area contributed by atoms with Crippen LogP contribution in [0.1, 0.15) is 155 Å². The summed E-state index contributed by atoms with van der Waals surface area (Å²) in [6.45, 7) is 2.25. The Morgan fingerprint density at radius 3 is 1.61 bits per heavy atom. The van der Waals surface area contributed by atoms with Crippen molar-refractivity contribution in [2.45, 2.75) is 167 Å². The molecule has 10 nitrogen and oxygen atoms in total. The number of carbonyl (C=O) groups excluding carboxylic acids is 2. The fourth-order valence-corrected chi connectivity index (χ4v) is 5.65. The molecule has 0 aromatic carbocycles. The van der Waals surface area contributed by atoms with Crippen LogP contribution in [-0.4, -0.2) is 65.7 Å². The van der Waals surface area contributed by atoms with E-state index in [4.69, 9.17) is 19.1 Å². The highest BCUT2D eigenvalue weighted by Crippen LogP contribution is 2.43. The molecular formula is C40H71O10P. The number of aliphatic hydroxyl groups is 2. The topological polar surface area (TPSA) is 149 Å². The maximum absolute atomic E-state index is 12.5. The van der Waals surface area contributed by atoms with Gasteiger partial charge in [0.25, 0.3) is 0 Å². The predicted octanol–water partition coefficient (Wildman–Crippen LogP) is 9.77. The van der Waals surface area contributed by atoms with Crippen molar-refractivity contribution in [2.75, 3.05) is 26.4 Å². The molecule has 0 aromatic heterocycles. The van der Waals surface area contributed by atoms with Crippen molar-refractivity contribution in [1.29, 1.82) is 0 Å². The zero-order valence-corrected chi connectivity index (χ0v) is 32.7. The molecule has 296 valence electrons. The van der Waals surface area contributed by atoms with E-state index in [1.807, 2.05) is 0 Å². The molecule has 3 N–H and O–H groups in total. The first-order valence-electron chi connectivity index (χ1n) is 19.6. The minimum Gasteiger partial charge on any atom is -0.462 e. The monoisotopic (exact) mass is 742 g/mol. The summed E-state index contributed by atoms with van der Waals surface area (Å²) in [6, 6.07) is 0. The maximum atomic E-state index is 12.5. The smallest absolute Gasteiger partial charge is 0.462 e. The lowest BCUT2D eigenvalue weighted by Gasteiger charge is -2.20. The average Bonchev–Trinajstić information content (AvgIpc) is 3.12. The molecule has 0 fully saturated rings. The van der Waals surface area contributed by atoms with Crippen LogP contribution in [0.25, 0.3) is 0 Å². The number of esters is 2. The average molecular weight is 743 g/mol. The van der Waals surface area contributed by atoms with Gasteiger partial charge in [-0.2, -0.15) is 0 Å². The van der Waals surface area contributed by atoms with Crippen molar-refractivity contribution in [1.82, 2.24) is 0 Å². The number of hydrogen-bond donors (Lipinski definition) is 3. The van der Waals surface area contributed by atoms with Crippen LogP contribution in [0.3, 0.4) is 0 Å². The van der Waals surface area contributed by atoms with Gasteiger partial charge in [0.1, 0.15) is 12.7 Å². The third-order valence-corrected chi connectivity index (χ3v) is 8.91. The first kappa shape index (κ1) is 48.9. The van der Waals surface area contributed by atoms with Crippen molar-refractivity contribution >= 4 is 19.8 Å². The van der Waals surface area contributed by atoms with Gasteiger partial charge in [0.15, 0.2) is 6.10 Å². The van der Waals surface area contributed by atoms with Crippen molar-refractivity contribution in [3.05, 3.63) is 48.6 Å². The highest BCUT2D eigenvalue weighted by Gasteiger charge is 2.27. The van der Waals surface area contributed by atoms with Crippen LogP contribution in [0.15, 0.2) is 48.6 Å². The Hall–Kier alpha value is -2.07.